The van der Waals surface area contributed by atoms with Gasteiger partial charge in [0.25, 0.3) is 11.8 Å². The third kappa shape index (κ3) is 5.93. The molecule has 8 heterocycles. The lowest BCUT2D eigenvalue weighted by Crippen LogP contribution is -2.54. The smallest absolute Gasteiger partial charge is 0.250 e. The van der Waals surface area contributed by atoms with Gasteiger partial charge in [0.2, 0.25) is 12.1 Å². The van der Waals surface area contributed by atoms with Crippen molar-refractivity contribution in [3.8, 4) is 11.5 Å². The first-order chi connectivity index (χ1) is 34.9. The zero-order chi connectivity index (χ0) is 49.5. The van der Waals surface area contributed by atoms with Crippen LogP contribution in [-0.4, -0.2) is 91.1 Å². The largest absolute Gasteiger partial charge is 0.497 e. The maximum atomic E-state index is 14.3. The highest BCUT2D eigenvalue weighted by molar-refractivity contribution is 6.09. The Morgan fingerprint density at radius 1 is 0.569 bits per heavy atom. The molecule has 0 radical (unpaired) electrons. The molecule has 6 fully saturated rings. The van der Waals surface area contributed by atoms with Crippen molar-refractivity contribution in [2.24, 2.45) is 25.9 Å². The molecule has 2 aromatic heterocycles. The van der Waals surface area contributed by atoms with E-state index in [1.165, 1.54) is 0 Å². The number of hydrogen-bond donors (Lipinski definition) is 2. The number of aryl methyl sites for hydroxylation is 2. The first-order valence-corrected chi connectivity index (χ1v) is 25.8. The van der Waals surface area contributed by atoms with Gasteiger partial charge in [-0.25, -0.2) is 0 Å². The average Bonchev–Trinajstić information content (AvgIpc) is 4.27. The molecule has 0 bridgehead atoms. The molecule has 2 amide bonds. The fourth-order valence-electron chi connectivity index (χ4n) is 16.5. The Balaban J connectivity index is 0.000000140. The van der Waals surface area contributed by atoms with Gasteiger partial charge >= 0.3 is 0 Å². The SMILES string of the molecule is COc1ccc2c(c1)[C@]1(C(=O)N2)[C@@H](c2cn(C)c3ccccc23)[C@H]([N+](=O)[O-])[C@@H]2C[C@H]3CCCC[C@H]3N21.COc1ccc2c(c1)[C@]1(C(=O)N2)[C@@H](c2cn(C)c3ccccc23)[C@H]([N+](=O)[O-])[C@@H]2C[C@H]3CCCC[C@H]3N21. The molecule has 2 N–H and O–H groups in total. The van der Waals surface area contributed by atoms with Gasteiger partial charge in [0.15, 0.2) is 0 Å². The van der Waals surface area contributed by atoms with E-state index in [2.05, 4.69) is 20.4 Å². The number of fused-ring (bicyclic) bond motifs is 14. The van der Waals surface area contributed by atoms with E-state index in [-0.39, 0.29) is 45.8 Å². The summed E-state index contributed by atoms with van der Waals surface area (Å²) < 4.78 is 15.2. The van der Waals surface area contributed by atoms with Gasteiger partial charge in [0, 0.05) is 92.7 Å². The minimum atomic E-state index is -1.16. The lowest BCUT2D eigenvalue weighted by atomic mass is 9.71. The number of benzene rings is 4. The topological polar surface area (TPSA) is 179 Å². The minimum absolute atomic E-state index is 0.0956. The molecule has 2 aliphatic carbocycles. The second-order valence-corrected chi connectivity index (χ2v) is 21.8. The molecule has 14 rings (SSSR count). The highest BCUT2D eigenvalue weighted by Gasteiger charge is 2.76. The lowest BCUT2D eigenvalue weighted by molar-refractivity contribution is -0.527. The number of amides is 2. The number of carbonyl (C=O) groups is 2. The van der Waals surface area contributed by atoms with E-state index in [1.54, 1.807) is 14.2 Å². The van der Waals surface area contributed by atoms with Gasteiger partial charge in [-0.1, -0.05) is 62.1 Å². The van der Waals surface area contributed by atoms with Crippen molar-refractivity contribution >= 4 is 45.0 Å². The third-order valence-electron chi connectivity index (χ3n) is 18.9. The predicted molar refractivity (Wildman–Crippen MR) is 271 cm³/mol. The molecule has 72 heavy (non-hydrogen) atoms. The minimum Gasteiger partial charge on any atom is -0.497 e. The number of rotatable bonds is 6. The fourth-order valence-corrected chi connectivity index (χ4v) is 16.5. The molecule has 6 aromatic rings. The fraction of sp³-hybridized carbons (Fsp3) is 0.464. The summed E-state index contributed by atoms with van der Waals surface area (Å²) in [6, 6.07) is 25.3. The molecule has 12 atom stereocenters. The molecule has 16 nitrogen and oxygen atoms in total. The van der Waals surface area contributed by atoms with Crippen molar-refractivity contribution in [2.45, 2.75) is 123 Å². The van der Waals surface area contributed by atoms with Gasteiger partial charge in [0.05, 0.1) is 38.1 Å². The van der Waals surface area contributed by atoms with E-state index in [0.717, 1.165) is 120 Å². The Morgan fingerprint density at radius 3 is 1.38 bits per heavy atom. The van der Waals surface area contributed by atoms with Gasteiger partial charge in [-0.2, -0.15) is 0 Å². The molecule has 0 unspecified atom stereocenters. The second-order valence-electron chi connectivity index (χ2n) is 21.8. The number of nitrogens with one attached hydrogen (secondary N) is 2. The summed E-state index contributed by atoms with van der Waals surface area (Å²) in [5.74, 6) is 0.537. The van der Waals surface area contributed by atoms with Crippen LogP contribution in [0.3, 0.4) is 0 Å². The predicted octanol–water partition coefficient (Wildman–Crippen LogP) is 8.82. The summed E-state index contributed by atoms with van der Waals surface area (Å²) in [5, 5.41) is 34.2. The van der Waals surface area contributed by atoms with Gasteiger partial charge in [0.1, 0.15) is 22.6 Å². The first kappa shape index (κ1) is 45.1. The van der Waals surface area contributed by atoms with Crippen molar-refractivity contribution in [3.05, 3.63) is 140 Å². The van der Waals surface area contributed by atoms with Crippen LogP contribution in [0.1, 0.15) is 98.3 Å². The van der Waals surface area contributed by atoms with Gasteiger partial charge in [-0.3, -0.25) is 39.6 Å². The Hall–Kier alpha value is -6.78. The number of methoxy groups -OCH3 is 2. The molecule has 6 aliphatic heterocycles. The first-order valence-electron chi connectivity index (χ1n) is 25.8. The number of anilines is 2. The van der Waals surface area contributed by atoms with E-state index in [0.29, 0.717) is 23.3 Å². The lowest BCUT2D eigenvalue weighted by Gasteiger charge is -2.42. The van der Waals surface area contributed by atoms with E-state index in [4.69, 9.17) is 9.47 Å². The monoisotopic (exact) mass is 972 g/mol. The van der Waals surface area contributed by atoms with Gasteiger partial charge in [-0.15, -0.1) is 0 Å². The summed E-state index contributed by atoms with van der Waals surface area (Å²) >= 11 is 0. The molecule has 4 aromatic carbocycles. The van der Waals surface area contributed by atoms with Crippen molar-refractivity contribution in [1.82, 2.24) is 18.9 Å². The summed E-state index contributed by atoms with van der Waals surface area (Å²) in [7, 11) is 7.17. The molecular formula is C56H60N8O8. The molecule has 16 heteroatoms. The summed E-state index contributed by atoms with van der Waals surface area (Å²) in [6.07, 6.45) is 14.2. The van der Waals surface area contributed by atoms with Crippen LogP contribution in [0, 0.1) is 32.1 Å². The van der Waals surface area contributed by atoms with E-state index in [1.807, 2.05) is 121 Å². The highest BCUT2D eigenvalue weighted by atomic mass is 16.6. The Labute approximate surface area is 416 Å². The van der Waals surface area contributed by atoms with Gasteiger partial charge < -0.3 is 29.2 Å². The van der Waals surface area contributed by atoms with E-state index < -0.39 is 35.0 Å². The number of ether oxygens (including phenoxy) is 2. The molecule has 2 spiro atoms. The molecular weight excluding hydrogens is 913 g/mol. The van der Waals surface area contributed by atoms with Crippen molar-refractivity contribution in [3.63, 3.8) is 0 Å². The second kappa shape index (κ2) is 16.4. The standard InChI is InChI=1S/2C28H30N4O4/c2*1-30-15-19(18-8-4-6-10-23(18)30)25-26(32(34)35)24-13-16-7-3-5-9-22(16)31(24)28(25)20-14-17(36-2)11-12-21(20)29-27(28)33/h2*4,6,8,10-12,14-16,22,24-26H,3,5,7,9,13H2,1-2H3,(H,29,33)/t2*16-,22-,24+,25+,26-,28-/m11/s1. The van der Waals surface area contributed by atoms with Crippen LogP contribution in [0.25, 0.3) is 21.8 Å². The third-order valence-corrected chi connectivity index (χ3v) is 18.9. The molecule has 4 saturated heterocycles. The van der Waals surface area contributed by atoms with Crippen LogP contribution in [0.5, 0.6) is 11.5 Å². The Morgan fingerprint density at radius 2 is 0.972 bits per heavy atom. The molecule has 8 aliphatic rings. The highest BCUT2D eigenvalue weighted by Crippen LogP contribution is 2.66. The maximum absolute atomic E-state index is 14.3. The number of nitrogens with zero attached hydrogens (tertiary/aromatic N) is 6. The van der Waals surface area contributed by atoms with Crippen molar-refractivity contribution in [2.75, 3.05) is 24.9 Å². The van der Waals surface area contributed by atoms with Gasteiger partial charge in [-0.05, 0) is 110 Å². The van der Waals surface area contributed by atoms with E-state index >= 15 is 0 Å². The number of aromatic nitrogens is 2. The maximum Gasteiger partial charge on any atom is 0.250 e. The normalized spacial score (nSPS) is 32.9. The summed E-state index contributed by atoms with van der Waals surface area (Å²) in [5.41, 5.74) is 4.54. The van der Waals surface area contributed by atoms with E-state index in [9.17, 15) is 29.8 Å². The van der Waals surface area contributed by atoms with Crippen molar-refractivity contribution in [1.29, 1.82) is 0 Å². The Bertz CT molecular complexity index is 3050. The summed E-state index contributed by atoms with van der Waals surface area (Å²) in [4.78, 5) is 59.1. The molecule has 372 valence electrons. The number of nitro groups is 2. The van der Waals surface area contributed by atoms with Crippen LogP contribution in [0.4, 0.5) is 11.4 Å². The zero-order valence-electron chi connectivity index (χ0n) is 41.0. The van der Waals surface area contributed by atoms with Crippen LogP contribution >= 0.6 is 0 Å². The van der Waals surface area contributed by atoms with Crippen LogP contribution in [0.2, 0.25) is 0 Å². The zero-order valence-corrected chi connectivity index (χ0v) is 41.0. The molecule has 2 saturated carbocycles. The van der Waals surface area contributed by atoms with Crippen molar-refractivity contribution < 1.29 is 28.9 Å². The quantitative estimate of drug-likeness (QED) is 0.121. The number of para-hydroxylation sites is 2. The van der Waals surface area contributed by atoms with Crippen LogP contribution in [0.15, 0.2) is 97.3 Å². The Kier molecular flexibility index (Phi) is 10.3. The van der Waals surface area contributed by atoms with Crippen LogP contribution in [-0.2, 0) is 34.8 Å². The summed E-state index contributed by atoms with van der Waals surface area (Å²) in [6.45, 7) is 0. The number of hydrogen-bond acceptors (Lipinski definition) is 10. The number of carbonyl (C=O) groups excluding carboxylic acids is 2. The van der Waals surface area contributed by atoms with Crippen LogP contribution < -0.4 is 20.1 Å². The average molecular weight is 973 g/mol.